The Balaban J connectivity index is 2.07. The molecule has 0 saturated carbocycles. The molecule has 0 amide bonds. The van der Waals surface area contributed by atoms with Crippen molar-refractivity contribution in [2.24, 2.45) is 5.92 Å². The molecule has 1 rings (SSSR count). The third-order valence-corrected chi connectivity index (χ3v) is 4.82. The summed E-state index contributed by atoms with van der Waals surface area (Å²) in [6, 6.07) is 0. The maximum atomic E-state index is 11.8. The van der Waals surface area contributed by atoms with E-state index in [1.807, 2.05) is 0 Å². The first-order valence-electron chi connectivity index (χ1n) is 9.59. The largest absolute Gasteiger partial charge is 0.468 e. The van der Waals surface area contributed by atoms with Gasteiger partial charge in [0.1, 0.15) is 12.0 Å². The molecule has 0 unspecified atom stereocenters. The van der Waals surface area contributed by atoms with Crippen molar-refractivity contribution in [2.75, 3.05) is 7.11 Å². The summed E-state index contributed by atoms with van der Waals surface area (Å²) >= 11 is 0. The highest BCUT2D eigenvalue weighted by Crippen LogP contribution is 2.31. The molecule has 0 aliphatic carbocycles. The van der Waals surface area contributed by atoms with Crippen molar-refractivity contribution in [2.45, 2.75) is 90.1 Å². The molecule has 0 N–H and O–H groups in total. The Bertz CT molecular complexity index is 402. The topological polar surface area (TPSA) is 52.6 Å². The van der Waals surface area contributed by atoms with Gasteiger partial charge in [0.05, 0.1) is 7.11 Å². The Morgan fingerprint density at radius 1 is 1.00 bits per heavy atom. The van der Waals surface area contributed by atoms with Crippen molar-refractivity contribution in [3.05, 3.63) is 12.2 Å². The molecule has 0 aromatic heterocycles. The zero-order valence-electron chi connectivity index (χ0n) is 15.5. The molecule has 2 atom stereocenters. The molecule has 4 nitrogen and oxygen atoms in total. The fraction of sp³-hybridized carbons (Fsp3) is 0.800. The van der Waals surface area contributed by atoms with E-state index in [2.05, 4.69) is 13.5 Å². The van der Waals surface area contributed by atoms with Gasteiger partial charge in [-0.1, -0.05) is 77.7 Å². The van der Waals surface area contributed by atoms with E-state index in [9.17, 15) is 9.59 Å². The van der Waals surface area contributed by atoms with Crippen molar-refractivity contribution in [3.63, 3.8) is 0 Å². The van der Waals surface area contributed by atoms with Crippen LogP contribution < -0.4 is 0 Å². The lowest BCUT2D eigenvalue weighted by atomic mass is 9.93. The number of carbonyl (C=O) groups excluding carboxylic acids is 2. The third-order valence-electron chi connectivity index (χ3n) is 4.82. The van der Waals surface area contributed by atoms with Gasteiger partial charge in [-0.3, -0.25) is 4.79 Å². The first-order valence-corrected chi connectivity index (χ1v) is 9.59. The van der Waals surface area contributed by atoms with E-state index in [1.54, 1.807) is 0 Å². The number of carbonyl (C=O) groups is 2. The number of esters is 2. The second-order valence-corrected chi connectivity index (χ2v) is 6.79. The highest BCUT2D eigenvalue weighted by Gasteiger charge is 2.43. The van der Waals surface area contributed by atoms with E-state index >= 15 is 0 Å². The highest BCUT2D eigenvalue weighted by atomic mass is 16.6. The summed E-state index contributed by atoms with van der Waals surface area (Å²) in [5, 5.41) is 0. The van der Waals surface area contributed by atoms with Crippen LogP contribution in [0.4, 0.5) is 0 Å². The summed E-state index contributed by atoms with van der Waals surface area (Å²) < 4.78 is 10.0. The summed E-state index contributed by atoms with van der Waals surface area (Å²) in [4.78, 5) is 23.4. The van der Waals surface area contributed by atoms with E-state index < -0.39 is 24.0 Å². The molecule has 0 spiro atoms. The predicted molar refractivity (Wildman–Crippen MR) is 95.6 cm³/mol. The van der Waals surface area contributed by atoms with E-state index in [-0.39, 0.29) is 5.57 Å². The number of hydrogen-bond acceptors (Lipinski definition) is 4. The van der Waals surface area contributed by atoms with E-state index in [0.717, 1.165) is 12.8 Å². The van der Waals surface area contributed by atoms with Gasteiger partial charge in [-0.2, -0.15) is 0 Å². The van der Waals surface area contributed by atoms with Gasteiger partial charge in [-0.05, 0) is 12.8 Å². The SMILES string of the molecule is C=C1C(=O)O[C@@H](CCCCCCCCCCCCC)[C@H]1C(=O)OC. The molecule has 1 aliphatic heterocycles. The molecule has 1 saturated heterocycles. The van der Waals surface area contributed by atoms with Crippen molar-refractivity contribution in [3.8, 4) is 0 Å². The van der Waals surface area contributed by atoms with Crippen LogP contribution in [-0.2, 0) is 19.1 Å². The highest BCUT2D eigenvalue weighted by molar-refractivity contribution is 5.98. The molecule has 0 radical (unpaired) electrons. The minimum Gasteiger partial charge on any atom is -0.468 e. The van der Waals surface area contributed by atoms with E-state index in [4.69, 9.17) is 9.47 Å². The number of cyclic esters (lactones) is 1. The second kappa shape index (κ2) is 12.1. The Morgan fingerprint density at radius 2 is 1.50 bits per heavy atom. The lowest BCUT2D eigenvalue weighted by molar-refractivity contribution is -0.147. The third kappa shape index (κ3) is 7.06. The quantitative estimate of drug-likeness (QED) is 0.271. The lowest BCUT2D eigenvalue weighted by Gasteiger charge is -2.15. The average molecular weight is 338 g/mol. The monoisotopic (exact) mass is 338 g/mol. The molecular formula is C20H34O4. The fourth-order valence-corrected chi connectivity index (χ4v) is 3.29. The maximum absolute atomic E-state index is 11.8. The summed E-state index contributed by atoms with van der Waals surface area (Å²) in [5.74, 6) is -1.50. The van der Waals surface area contributed by atoms with Crippen LogP contribution in [0.25, 0.3) is 0 Å². The Kier molecular flexibility index (Phi) is 10.4. The van der Waals surface area contributed by atoms with Crippen molar-refractivity contribution >= 4 is 11.9 Å². The number of ether oxygens (including phenoxy) is 2. The van der Waals surface area contributed by atoms with Gasteiger partial charge in [0.15, 0.2) is 0 Å². The normalized spacial score (nSPS) is 20.2. The van der Waals surface area contributed by atoms with Crippen LogP contribution in [0.3, 0.4) is 0 Å². The Hall–Kier alpha value is -1.32. The summed E-state index contributed by atoms with van der Waals surface area (Å²) in [6.07, 6.45) is 14.3. The van der Waals surface area contributed by atoms with Gasteiger partial charge in [-0.15, -0.1) is 0 Å². The van der Waals surface area contributed by atoms with Crippen LogP contribution in [-0.4, -0.2) is 25.2 Å². The second-order valence-electron chi connectivity index (χ2n) is 6.79. The van der Waals surface area contributed by atoms with Gasteiger partial charge in [0.2, 0.25) is 0 Å². The van der Waals surface area contributed by atoms with Crippen LogP contribution in [0.15, 0.2) is 12.2 Å². The number of unbranched alkanes of at least 4 members (excludes halogenated alkanes) is 10. The number of hydrogen-bond donors (Lipinski definition) is 0. The molecule has 4 heteroatoms. The van der Waals surface area contributed by atoms with Crippen LogP contribution in [0.2, 0.25) is 0 Å². The van der Waals surface area contributed by atoms with Crippen molar-refractivity contribution in [1.29, 1.82) is 0 Å². The molecule has 0 aromatic rings. The summed E-state index contributed by atoms with van der Waals surface area (Å²) in [6.45, 7) is 5.91. The summed E-state index contributed by atoms with van der Waals surface area (Å²) in [7, 11) is 1.33. The smallest absolute Gasteiger partial charge is 0.334 e. The first-order chi connectivity index (χ1) is 11.6. The van der Waals surface area contributed by atoms with Gasteiger partial charge in [0.25, 0.3) is 0 Å². The lowest BCUT2D eigenvalue weighted by Crippen LogP contribution is -2.26. The van der Waals surface area contributed by atoms with E-state index in [1.165, 1.54) is 64.9 Å². The van der Waals surface area contributed by atoms with Gasteiger partial charge in [-0.25, -0.2) is 4.79 Å². The molecule has 0 bridgehead atoms. The number of rotatable bonds is 13. The predicted octanol–water partition coefficient (Wildman–Crippen LogP) is 4.96. The fourth-order valence-electron chi connectivity index (χ4n) is 3.29. The van der Waals surface area contributed by atoms with Crippen molar-refractivity contribution < 1.29 is 19.1 Å². The van der Waals surface area contributed by atoms with Gasteiger partial charge >= 0.3 is 11.9 Å². The van der Waals surface area contributed by atoms with Gasteiger partial charge in [0, 0.05) is 5.57 Å². The van der Waals surface area contributed by atoms with Crippen molar-refractivity contribution in [1.82, 2.24) is 0 Å². The van der Waals surface area contributed by atoms with Crippen LogP contribution in [0.5, 0.6) is 0 Å². The minimum absolute atomic E-state index is 0.231. The molecule has 24 heavy (non-hydrogen) atoms. The molecule has 0 aromatic carbocycles. The molecule has 1 aliphatic rings. The summed E-state index contributed by atoms with van der Waals surface area (Å²) in [5.41, 5.74) is 0.231. The maximum Gasteiger partial charge on any atom is 0.334 e. The minimum atomic E-state index is -0.620. The van der Waals surface area contributed by atoms with Gasteiger partial charge < -0.3 is 9.47 Å². The first kappa shape index (κ1) is 20.7. The molecule has 1 heterocycles. The Labute approximate surface area is 147 Å². The van der Waals surface area contributed by atoms with Crippen LogP contribution in [0, 0.1) is 5.92 Å². The molecular weight excluding hydrogens is 304 g/mol. The zero-order valence-corrected chi connectivity index (χ0v) is 15.5. The number of methoxy groups -OCH3 is 1. The average Bonchev–Trinajstić information content (AvgIpc) is 2.86. The Morgan fingerprint density at radius 3 is 2.00 bits per heavy atom. The zero-order chi connectivity index (χ0) is 17.8. The van der Waals surface area contributed by atoms with E-state index in [0.29, 0.717) is 6.42 Å². The standard InChI is InChI=1S/C20H34O4/c1-4-5-6-7-8-9-10-11-12-13-14-15-17-18(20(22)23-3)16(2)19(21)24-17/h17-18H,2,4-15H2,1,3H3/t17-,18-/m0/s1. The van der Waals surface area contributed by atoms with Crippen LogP contribution >= 0.6 is 0 Å². The van der Waals surface area contributed by atoms with Crippen LogP contribution in [0.1, 0.15) is 84.0 Å². The molecule has 1 fully saturated rings. The molecule has 138 valence electrons.